The van der Waals surface area contributed by atoms with Crippen molar-refractivity contribution in [2.24, 2.45) is 0 Å². The van der Waals surface area contributed by atoms with Crippen LogP contribution < -0.4 is 10.6 Å². The molecule has 0 aromatic heterocycles. The van der Waals surface area contributed by atoms with E-state index in [9.17, 15) is 4.39 Å². The summed E-state index contributed by atoms with van der Waals surface area (Å²) in [5.74, 6) is -0.481. The highest BCUT2D eigenvalue weighted by molar-refractivity contribution is 5.49. The van der Waals surface area contributed by atoms with Crippen molar-refractivity contribution in [3.8, 4) is 6.07 Å². The zero-order valence-electron chi connectivity index (χ0n) is 10.5. The van der Waals surface area contributed by atoms with Crippen LogP contribution in [0, 0.1) is 17.1 Å². The minimum Gasteiger partial charge on any atom is -0.384 e. The number of nitrogens with one attached hydrogen (secondary N) is 2. The van der Waals surface area contributed by atoms with Crippen molar-refractivity contribution >= 4 is 5.69 Å². The Balaban J connectivity index is 2.45. The Hall–Kier alpha value is -1.60. The third-order valence-corrected chi connectivity index (χ3v) is 2.20. The molecule has 0 bridgehead atoms. The van der Waals surface area contributed by atoms with Crippen LogP contribution in [0.3, 0.4) is 0 Å². The van der Waals surface area contributed by atoms with E-state index in [0.717, 1.165) is 18.8 Å². The van der Waals surface area contributed by atoms with Gasteiger partial charge in [0.25, 0.3) is 0 Å². The van der Waals surface area contributed by atoms with Crippen molar-refractivity contribution in [3.63, 3.8) is 0 Å². The van der Waals surface area contributed by atoms with Gasteiger partial charge in [0.2, 0.25) is 0 Å². The molecule has 0 atom stereocenters. The van der Waals surface area contributed by atoms with E-state index in [1.54, 1.807) is 6.07 Å². The predicted octanol–water partition coefficient (Wildman–Crippen LogP) is 2.50. The maximum atomic E-state index is 13.1. The number of nitriles is 1. The summed E-state index contributed by atoms with van der Waals surface area (Å²) >= 11 is 0. The van der Waals surface area contributed by atoms with Crippen LogP contribution in [-0.2, 0) is 0 Å². The second-order valence-corrected chi connectivity index (χ2v) is 4.91. The summed E-state index contributed by atoms with van der Waals surface area (Å²) in [7, 11) is 0. The Morgan fingerprint density at radius 2 is 2.00 bits per heavy atom. The fourth-order valence-electron chi connectivity index (χ4n) is 1.37. The van der Waals surface area contributed by atoms with Gasteiger partial charge in [-0.15, -0.1) is 0 Å². The number of anilines is 1. The van der Waals surface area contributed by atoms with Gasteiger partial charge in [0, 0.05) is 24.3 Å². The van der Waals surface area contributed by atoms with Crippen LogP contribution >= 0.6 is 0 Å². The third kappa shape index (κ3) is 4.83. The molecule has 0 saturated heterocycles. The second kappa shape index (κ2) is 5.65. The summed E-state index contributed by atoms with van der Waals surface area (Å²) in [6.45, 7) is 7.83. The second-order valence-electron chi connectivity index (χ2n) is 4.91. The molecule has 1 aromatic rings. The van der Waals surface area contributed by atoms with Crippen molar-refractivity contribution in [2.75, 3.05) is 18.4 Å². The molecule has 17 heavy (non-hydrogen) atoms. The van der Waals surface area contributed by atoms with Gasteiger partial charge in [-0.3, -0.25) is 0 Å². The van der Waals surface area contributed by atoms with Crippen LogP contribution in [0.5, 0.6) is 0 Å². The molecule has 1 rings (SSSR count). The quantitative estimate of drug-likeness (QED) is 0.788. The molecular weight excluding hydrogens is 217 g/mol. The first-order valence-corrected chi connectivity index (χ1v) is 5.61. The monoisotopic (exact) mass is 235 g/mol. The van der Waals surface area contributed by atoms with Crippen LogP contribution in [-0.4, -0.2) is 18.6 Å². The molecule has 0 aliphatic carbocycles. The number of hydrogen-bond donors (Lipinski definition) is 2. The summed E-state index contributed by atoms with van der Waals surface area (Å²) in [5.41, 5.74) is 0.917. The summed E-state index contributed by atoms with van der Waals surface area (Å²) in [6, 6.07) is 6.28. The largest absolute Gasteiger partial charge is 0.384 e. The molecule has 0 radical (unpaired) electrons. The smallest absolute Gasteiger partial charge is 0.141 e. The van der Waals surface area contributed by atoms with Gasteiger partial charge in [0.15, 0.2) is 0 Å². The molecule has 0 heterocycles. The lowest BCUT2D eigenvalue weighted by molar-refractivity contribution is 0.435. The Morgan fingerprint density at radius 1 is 1.29 bits per heavy atom. The number of nitrogens with zero attached hydrogens (tertiary/aromatic N) is 1. The number of rotatable bonds is 4. The van der Waals surface area contributed by atoms with Gasteiger partial charge in [-0.05, 0) is 39.0 Å². The lowest BCUT2D eigenvalue weighted by atomic mass is 10.1. The molecule has 0 aliphatic heterocycles. The minimum atomic E-state index is -0.481. The van der Waals surface area contributed by atoms with E-state index in [-0.39, 0.29) is 11.1 Å². The molecule has 0 amide bonds. The topological polar surface area (TPSA) is 47.8 Å². The number of halogens is 1. The van der Waals surface area contributed by atoms with Gasteiger partial charge < -0.3 is 10.6 Å². The van der Waals surface area contributed by atoms with Gasteiger partial charge in [-0.2, -0.15) is 5.26 Å². The molecule has 1 aromatic carbocycles. The van der Waals surface area contributed by atoms with Gasteiger partial charge in [-0.25, -0.2) is 4.39 Å². The Kier molecular flexibility index (Phi) is 4.47. The lowest BCUT2D eigenvalue weighted by Gasteiger charge is -2.20. The molecule has 4 heteroatoms. The Labute approximate surface area is 102 Å². The zero-order valence-corrected chi connectivity index (χ0v) is 10.5. The van der Waals surface area contributed by atoms with Crippen molar-refractivity contribution in [3.05, 3.63) is 29.6 Å². The van der Waals surface area contributed by atoms with E-state index in [1.165, 1.54) is 12.1 Å². The summed E-state index contributed by atoms with van der Waals surface area (Å²) in [4.78, 5) is 0. The third-order valence-electron chi connectivity index (χ3n) is 2.20. The molecular formula is C13H18FN3. The molecule has 3 nitrogen and oxygen atoms in total. The van der Waals surface area contributed by atoms with Crippen molar-refractivity contribution in [1.29, 1.82) is 5.26 Å². The van der Waals surface area contributed by atoms with Crippen LogP contribution in [0.25, 0.3) is 0 Å². The molecule has 0 unspecified atom stereocenters. The minimum absolute atomic E-state index is 0.0683. The highest BCUT2D eigenvalue weighted by atomic mass is 19.1. The first kappa shape index (κ1) is 13.5. The number of hydrogen-bond acceptors (Lipinski definition) is 3. The molecule has 0 saturated carbocycles. The van der Waals surface area contributed by atoms with Crippen LogP contribution in [0.1, 0.15) is 26.3 Å². The SMILES string of the molecule is CC(C)(C)NCCNc1ccc(F)c(C#N)c1. The van der Waals surface area contributed by atoms with Crippen molar-refractivity contribution < 1.29 is 4.39 Å². The molecule has 0 fully saturated rings. The zero-order chi connectivity index (χ0) is 12.9. The molecule has 0 spiro atoms. The van der Waals surface area contributed by atoms with Gasteiger partial charge in [0.1, 0.15) is 11.9 Å². The molecule has 0 aliphatic rings. The fourth-order valence-corrected chi connectivity index (χ4v) is 1.37. The van der Waals surface area contributed by atoms with E-state index in [4.69, 9.17) is 5.26 Å². The summed E-state index contributed by atoms with van der Waals surface area (Å²) in [5, 5.41) is 15.2. The standard InChI is InChI=1S/C13H18FN3/c1-13(2,3)17-7-6-16-11-4-5-12(14)10(8-11)9-15/h4-5,8,16-17H,6-7H2,1-3H3. The highest BCUT2D eigenvalue weighted by Crippen LogP contribution is 2.13. The average Bonchev–Trinajstić information content (AvgIpc) is 2.25. The maximum absolute atomic E-state index is 13.1. The summed E-state index contributed by atoms with van der Waals surface area (Å²) < 4.78 is 13.1. The molecule has 92 valence electrons. The number of benzene rings is 1. The summed E-state index contributed by atoms with van der Waals surface area (Å²) in [6.07, 6.45) is 0. The highest BCUT2D eigenvalue weighted by Gasteiger charge is 2.07. The molecule has 2 N–H and O–H groups in total. The van der Waals surface area contributed by atoms with Gasteiger partial charge in [0.05, 0.1) is 5.56 Å². The normalized spacial score (nSPS) is 11.0. The van der Waals surface area contributed by atoms with E-state index >= 15 is 0 Å². The van der Waals surface area contributed by atoms with Crippen LogP contribution in [0.15, 0.2) is 18.2 Å². The lowest BCUT2D eigenvalue weighted by Crippen LogP contribution is -2.38. The Bertz CT molecular complexity index is 416. The van der Waals surface area contributed by atoms with Crippen LogP contribution in [0.2, 0.25) is 0 Å². The van der Waals surface area contributed by atoms with Crippen LogP contribution in [0.4, 0.5) is 10.1 Å². The fraction of sp³-hybridized carbons (Fsp3) is 0.462. The van der Waals surface area contributed by atoms with E-state index in [2.05, 4.69) is 31.4 Å². The first-order valence-electron chi connectivity index (χ1n) is 5.61. The van der Waals surface area contributed by atoms with Gasteiger partial charge in [-0.1, -0.05) is 0 Å². The average molecular weight is 235 g/mol. The van der Waals surface area contributed by atoms with Gasteiger partial charge >= 0.3 is 0 Å². The van der Waals surface area contributed by atoms with Crippen molar-refractivity contribution in [1.82, 2.24) is 5.32 Å². The van der Waals surface area contributed by atoms with E-state index < -0.39 is 5.82 Å². The van der Waals surface area contributed by atoms with E-state index in [0.29, 0.717) is 0 Å². The first-order chi connectivity index (χ1) is 7.92. The van der Waals surface area contributed by atoms with Crippen molar-refractivity contribution in [2.45, 2.75) is 26.3 Å². The van der Waals surface area contributed by atoms with E-state index in [1.807, 2.05) is 6.07 Å². The predicted molar refractivity (Wildman–Crippen MR) is 67.4 cm³/mol. The Morgan fingerprint density at radius 3 is 2.59 bits per heavy atom. The maximum Gasteiger partial charge on any atom is 0.141 e.